The van der Waals surface area contributed by atoms with E-state index in [-0.39, 0.29) is 24.7 Å². The number of aryl methyl sites for hydroxylation is 1. The van der Waals surface area contributed by atoms with Gasteiger partial charge in [0.1, 0.15) is 23.0 Å². The molecular formula is C22H32N8O5S. The molecule has 1 aliphatic rings. The molecule has 0 bridgehead atoms. The van der Waals surface area contributed by atoms with Crippen molar-refractivity contribution in [3.05, 3.63) is 30.4 Å². The quantitative estimate of drug-likeness (QED) is 0.388. The smallest absolute Gasteiger partial charge is 0.290 e. The molecule has 14 heteroatoms. The van der Waals surface area contributed by atoms with Crippen molar-refractivity contribution >= 4 is 45.1 Å². The highest BCUT2D eigenvalue weighted by Gasteiger charge is 2.32. The Bertz CT molecular complexity index is 1300. The van der Waals surface area contributed by atoms with Gasteiger partial charge < -0.3 is 24.6 Å². The van der Waals surface area contributed by atoms with Crippen LogP contribution in [0.25, 0.3) is 11.0 Å². The van der Waals surface area contributed by atoms with Crippen LogP contribution in [0.2, 0.25) is 0 Å². The second-order valence-corrected chi connectivity index (χ2v) is 10.4. The molecule has 4 rings (SSSR count). The maximum absolute atomic E-state index is 11.8. The zero-order chi connectivity index (χ0) is 26.5. The predicted molar refractivity (Wildman–Crippen MR) is 136 cm³/mol. The third-order valence-corrected chi connectivity index (χ3v) is 6.40. The number of ether oxygens (including phenoxy) is 1. The van der Waals surface area contributed by atoms with Crippen molar-refractivity contribution in [2.24, 2.45) is 0 Å². The van der Waals surface area contributed by atoms with Gasteiger partial charge in [-0.15, -0.1) is 0 Å². The van der Waals surface area contributed by atoms with E-state index >= 15 is 0 Å². The van der Waals surface area contributed by atoms with Gasteiger partial charge in [-0.1, -0.05) is 0 Å². The van der Waals surface area contributed by atoms with E-state index in [1.54, 1.807) is 25.6 Å². The van der Waals surface area contributed by atoms with Gasteiger partial charge in [0.25, 0.3) is 6.47 Å². The molecule has 0 aromatic carbocycles. The summed E-state index contributed by atoms with van der Waals surface area (Å²) in [5.74, 6) is 2.71. The molecule has 196 valence electrons. The van der Waals surface area contributed by atoms with Crippen LogP contribution in [0.15, 0.2) is 24.5 Å². The maximum atomic E-state index is 11.8. The Kier molecular flexibility index (Phi) is 8.76. The van der Waals surface area contributed by atoms with Crippen molar-refractivity contribution in [3.63, 3.8) is 0 Å². The second-order valence-electron chi connectivity index (χ2n) is 8.66. The summed E-state index contributed by atoms with van der Waals surface area (Å²) in [5.41, 5.74) is 1.85. The van der Waals surface area contributed by atoms with Gasteiger partial charge in [-0.2, -0.15) is 4.98 Å². The third-order valence-electron chi connectivity index (χ3n) is 5.67. The lowest BCUT2D eigenvalue weighted by Crippen LogP contribution is -2.55. The zero-order valence-electron chi connectivity index (χ0n) is 20.9. The van der Waals surface area contributed by atoms with Crippen molar-refractivity contribution in [1.29, 1.82) is 0 Å². The van der Waals surface area contributed by atoms with Crippen LogP contribution < -0.4 is 14.9 Å². The number of methoxy groups -OCH3 is 1. The van der Waals surface area contributed by atoms with Gasteiger partial charge in [-0.3, -0.25) is 4.79 Å². The van der Waals surface area contributed by atoms with E-state index in [1.165, 1.54) is 0 Å². The van der Waals surface area contributed by atoms with Crippen LogP contribution in [0.5, 0.6) is 0 Å². The Labute approximate surface area is 210 Å². The predicted octanol–water partition coefficient (Wildman–Crippen LogP) is 1.70. The van der Waals surface area contributed by atoms with Crippen LogP contribution in [0.1, 0.15) is 32.1 Å². The number of nitrogens with one attached hydrogen (secondary N) is 2. The Morgan fingerprint density at radius 1 is 1.25 bits per heavy atom. The van der Waals surface area contributed by atoms with E-state index in [0.29, 0.717) is 37.1 Å². The first-order valence-corrected chi connectivity index (χ1v) is 13.2. The lowest BCUT2D eigenvalue weighted by atomic mass is 10.0. The van der Waals surface area contributed by atoms with Crippen LogP contribution in [-0.2, 0) is 19.6 Å². The van der Waals surface area contributed by atoms with Gasteiger partial charge in [0.15, 0.2) is 0 Å². The standard InChI is InChI=1S/C21H30N8O3S.CH2O2/c1-13(2)29-14(3)24-15-11-23-20(10-17(15)29)25-19-6-8-22-21(26-19)28-9-7-18(32-4)16(12-28)27-33(5,30)31;2-1-3/h6,8,10-11,13,16,18,27H,7,9,12H2,1-5H3,(H,22,23,25,26);1H,(H,2,3)/t16-,18-;/m1./s1. The monoisotopic (exact) mass is 520 g/mol. The molecule has 3 aromatic rings. The Morgan fingerprint density at radius 3 is 2.61 bits per heavy atom. The molecular weight excluding hydrogens is 488 g/mol. The van der Waals surface area contributed by atoms with Crippen molar-refractivity contribution in [3.8, 4) is 0 Å². The van der Waals surface area contributed by atoms with Gasteiger partial charge in [-0.25, -0.2) is 28.1 Å². The number of hydrogen-bond donors (Lipinski definition) is 3. The second kappa shape index (κ2) is 11.6. The maximum Gasteiger partial charge on any atom is 0.290 e. The first-order valence-electron chi connectivity index (χ1n) is 11.3. The van der Waals surface area contributed by atoms with E-state index in [9.17, 15) is 8.42 Å². The molecule has 1 aliphatic heterocycles. The van der Waals surface area contributed by atoms with Gasteiger partial charge in [0.05, 0.1) is 30.1 Å². The SMILES string of the molecule is CO[C@@H]1CCN(c2nccc(Nc3cc4c(cn3)nc(C)n4C(C)C)n2)C[C@H]1NS(C)(=O)=O.O=CO. The Balaban J connectivity index is 0.00000115. The number of imidazole rings is 1. The van der Waals surface area contributed by atoms with Gasteiger partial charge >= 0.3 is 0 Å². The summed E-state index contributed by atoms with van der Waals surface area (Å²) in [5, 5.41) is 10.1. The lowest BCUT2D eigenvalue weighted by Gasteiger charge is -2.37. The normalized spacial score (nSPS) is 18.1. The summed E-state index contributed by atoms with van der Waals surface area (Å²) in [6.45, 7) is 7.05. The van der Waals surface area contributed by atoms with Crippen molar-refractivity contribution < 1.29 is 23.1 Å². The molecule has 36 heavy (non-hydrogen) atoms. The first-order chi connectivity index (χ1) is 17.1. The van der Waals surface area contributed by atoms with Crippen LogP contribution in [0, 0.1) is 6.92 Å². The number of piperidine rings is 1. The molecule has 0 amide bonds. The molecule has 13 nitrogen and oxygen atoms in total. The number of sulfonamides is 1. The molecule has 0 radical (unpaired) electrons. The number of hydrogen-bond acceptors (Lipinski definition) is 10. The number of anilines is 3. The van der Waals surface area contributed by atoms with Crippen LogP contribution in [0.3, 0.4) is 0 Å². The van der Waals surface area contributed by atoms with Crippen molar-refractivity contribution in [2.45, 2.75) is 45.4 Å². The van der Waals surface area contributed by atoms with Gasteiger partial charge in [0, 0.05) is 38.5 Å². The summed E-state index contributed by atoms with van der Waals surface area (Å²) >= 11 is 0. The molecule has 0 unspecified atom stereocenters. The van der Waals surface area contributed by atoms with E-state index < -0.39 is 10.0 Å². The van der Waals surface area contributed by atoms with E-state index in [0.717, 1.165) is 23.1 Å². The van der Waals surface area contributed by atoms with Crippen LogP contribution >= 0.6 is 0 Å². The molecule has 0 spiro atoms. The zero-order valence-corrected chi connectivity index (χ0v) is 21.7. The van der Waals surface area contributed by atoms with Crippen molar-refractivity contribution in [2.75, 3.05) is 36.7 Å². The minimum atomic E-state index is -3.37. The van der Waals surface area contributed by atoms with Gasteiger partial charge in [0.2, 0.25) is 16.0 Å². The Morgan fingerprint density at radius 2 is 1.97 bits per heavy atom. The number of nitrogens with zero attached hydrogens (tertiary/aromatic N) is 6. The Hall–Kier alpha value is -3.36. The molecule has 3 aromatic heterocycles. The summed E-state index contributed by atoms with van der Waals surface area (Å²) in [6, 6.07) is 3.63. The van der Waals surface area contributed by atoms with Gasteiger partial charge in [-0.05, 0) is 33.3 Å². The number of rotatable bonds is 7. The highest BCUT2D eigenvalue weighted by Crippen LogP contribution is 2.25. The number of carbonyl (C=O) groups is 1. The number of pyridine rings is 1. The van der Waals surface area contributed by atoms with E-state index in [1.807, 2.05) is 17.9 Å². The minimum Gasteiger partial charge on any atom is -0.483 e. The van der Waals surface area contributed by atoms with E-state index in [2.05, 4.69) is 48.4 Å². The van der Waals surface area contributed by atoms with Crippen molar-refractivity contribution in [1.82, 2.24) is 29.2 Å². The molecule has 1 saturated heterocycles. The summed E-state index contributed by atoms with van der Waals surface area (Å²) in [7, 11) is -1.78. The third kappa shape index (κ3) is 6.65. The van der Waals surface area contributed by atoms with E-state index in [4.69, 9.17) is 14.6 Å². The van der Waals surface area contributed by atoms with Crippen LogP contribution in [-0.4, -0.2) is 83.1 Å². The summed E-state index contributed by atoms with van der Waals surface area (Å²) < 4.78 is 33.9. The lowest BCUT2D eigenvalue weighted by molar-refractivity contribution is -0.122. The molecule has 2 atom stereocenters. The topological polar surface area (TPSA) is 164 Å². The highest BCUT2D eigenvalue weighted by atomic mass is 32.2. The first kappa shape index (κ1) is 27.2. The molecule has 4 heterocycles. The molecule has 3 N–H and O–H groups in total. The molecule has 0 saturated carbocycles. The fourth-order valence-corrected chi connectivity index (χ4v) is 5.10. The highest BCUT2D eigenvalue weighted by molar-refractivity contribution is 7.88. The summed E-state index contributed by atoms with van der Waals surface area (Å²) in [6.07, 6.45) is 5.02. The van der Waals surface area contributed by atoms with Crippen LogP contribution in [0.4, 0.5) is 17.6 Å². The average Bonchev–Trinajstić information content (AvgIpc) is 3.14. The number of aromatic nitrogens is 5. The fraction of sp³-hybridized carbons (Fsp3) is 0.500. The molecule has 0 aliphatic carbocycles. The molecule has 1 fully saturated rings. The number of fused-ring (bicyclic) bond motifs is 1. The largest absolute Gasteiger partial charge is 0.483 e. The minimum absolute atomic E-state index is 0.206. The fourth-order valence-electron chi connectivity index (χ4n) is 4.32. The summed E-state index contributed by atoms with van der Waals surface area (Å²) in [4.78, 5) is 28.4. The number of carboxylic acid groups (broad SMARTS) is 1. The average molecular weight is 521 g/mol.